The Morgan fingerprint density at radius 3 is 2.45 bits per heavy atom. The van der Waals surface area contributed by atoms with Crippen LogP contribution in [0.5, 0.6) is 17.4 Å². The Labute approximate surface area is 193 Å². The van der Waals surface area contributed by atoms with Crippen LogP contribution >= 0.6 is 0 Å². The third-order valence-electron chi connectivity index (χ3n) is 5.44. The number of carbonyl (C=O) groups excluding carboxylic acids is 2. The quantitative estimate of drug-likeness (QED) is 0.562. The maximum absolute atomic E-state index is 12.8. The van der Waals surface area contributed by atoms with E-state index in [1.807, 2.05) is 12.1 Å². The number of rotatable bonds is 9. The third kappa shape index (κ3) is 6.26. The van der Waals surface area contributed by atoms with Crippen LogP contribution in [0.4, 0.5) is 0 Å². The van der Waals surface area contributed by atoms with Crippen molar-refractivity contribution in [3.05, 3.63) is 41.6 Å². The first kappa shape index (κ1) is 24.1. The molecule has 2 heterocycles. The van der Waals surface area contributed by atoms with Crippen molar-refractivity contribution in [1.29, 1.82) is 0 Å². The van der Waals surface area contributed by atoms with Crippen LogP contribution in [0.25, 0.3) is 6.08 Å². The van der Waals surface area contributed by atoms with Gasteiger partial charge in [0, 0.05) is 58.6 Å². The summed E-state index contributed by atoms with van der Waals surface area (Å²) in [6.45, 7) is 3.96. The van der Waals surface area contributed by atoms with Gasteiger partial charge in [-0.3, -0.25) is 19.2 Å². The maximum Gasteiger partial charge on any atom is 0.261 e. The van der Waals surface area contributed by atoms with E-state index in [1.54, 1.807) is 49.2 Å². The van der Waals surface area contributed by atoms with Gasteiger partial charge in [-0.1, -0.05) is 6.07 Å². The molecule has 10 nitrogen and oxygen atoms in total. The van der Waals surface area contributed by atoms with Crippen LogP contribution in [0.3, 0.4) is 0 Å². The number of hydrogen-bond acceptors (Lipinski definition) is 7. The number of piperazine rings is 1. The zero-order valence-corrected chi connectivity index (χ0v) is 19.5. The van der Waals surface area contributed by atoms with Crippen molar-refractivity contribution in [3.8, 4) is 17.4 Å². The molecule has 3 rings (SSSR count). The summed E-state index contributed by atoms with van der Waals surface area (Å²) in [6.07, 6.45) is 4.91. The average Bonchev–Trinajstić information content (AvgIpc) is 3.23. The summed E-state index contributed by atoms with van der Waals surface area (Å²) < 4.78 is 17.3. The van der Waals surface area contributed by atoms with E-state index in [0.29, 0.717) is 49.1 Å². The molecule has 1 saturated heterocycles. The van der Waals surface area contributed by atoms with Crippen molar-refractivity contribution in [3.63, 3.8) is 0 Å². The number of amides is 2. The van der Waals surface area contributed by atoms with Gasteiger partial charge < -0.3 is 24.4 Å². The summed E-state index contributed by atoms with van der Waals surface area (Å²) in [7, 11) is 6.42. The highest BCUT2D eigenvalue weighted by molar-refractivity contribution is 5.96. The average molecular weight is 458 g/mol. The van der Waals surface area contributed by atoms with Gasteiger partial charge in [0.2, 0.25) is 11.8 Å². The minimum atomic E-state index is -0.165. The van der Waals surface area contributed by atoms with Gasteiger partial charge >= 0.3 is 0 Å². The Hall–Kier alpha value is -3.53. The van der Waals surface area contributed by atoms with E-state index < -0.39 is 0 Å². The Morgan fingerprint density at radius 2 is 1.79 bits per heavy atom. The van der Waals surface area contributed by atoms with Gasteiger partial charge in [-0.25, -0.2) is 0 Å². The first-order chi connectivity index (χ1) is 15.9. The van der Waals surface area contributed by atoms with Gasteiger partial charge in [-0.15, -0.1) is 5.10 Å². The molecule has 0 saturated carbocycles. The molecule has 0 aliphatic carbocycles. The van der Waals surface area contributed by atoms with Crippen LogP contribution in [0, 0.1) is 0 Å². The number of nitrogens with one attached hydrogen (secondary N) is 1. The van der Waals surface area contributed by atoms with Gasteiger partial charge in [0.1, 0.15) is 5.56 Å². The fourth-order valence-electron chi connectivity index (χ4n) is 3.63. The monoisotopic (exact) mass is 457 g/mol. The van der Waals surface area contributed by atoms with E-state index in [4.69, 9.17) is 14.2 Å². The molecule has 1 aromatic heterocycles. The lowest BCUT2D eigenvalue weighted by Gasteiger charge is -2.34. The zero-order valence-electron chi connectivity index (χ0n) is 19.5. The Kier molecular flexibility index (Phi) is 8.31. The first-order valence-corrected chi connectivity index (χ1v) is 10.7. The summed E-state index contributed by atoms with van der Waals surface area (Å²) in [5, 5.41) is 7.04. The molecule has 0 unspecified atom stereocenters. The van der Waals surface area contributed by atoms with Crippen LogP contribution in [0.1, 0.15) is 15.9 Å². The summed E-state index contributed by atoms with van der Waals surface area (Å²) in [6, 6.07) is 5.46. The predicted octanol–water partition coefficient (Wildman–Crippen LogP) is 1.03. The van der Waals surface area contributed by atoms with Crippen molar-refractivity contribution in [2.24, 2.45) is 7.05 Å². The van der Waals surface area contributed by atoms with Crippen LogP contribution < -0.4 is 19.5 Å². The smallest absolute Gasteiger partial charge is 0.261 e. The second-order valence-corrected chi connectivity index (χ2v) is 7.60. The highest BCUT2D eigenvalue weighted by Gasteiger charge is 2.25. The topological polar surface area (TPSA) is 98.2 Å². The molecular weight excluding hydrogens is 426 g/mol. The van der Waals surface area contributed by atoms with Crippen molar-refractivity contribution >= 4 is 17.9 Å². The lowest BCUT2D eigenvalue weighted by molar-refractivity contribution is -0.116. The lowest BCUT2D eigenvalue weighted by atomic mass is 10.2. The molecule has 1 aliphatic heterocycles. The maximum atomic E-state index is 12.8. The van der Waals surface area contributed by atoms with Crippen LogP contribution in [-0.4, -0.2) is 92.0 Å². The van der Waals surface area contributed by atoms with Gasteiger partial charge in [0.15, 0.2) is 11.5 Å². The number of ether oxygens (including phenoxy) is 3. The van der Waals surface area contributed by atoms with E-state index >= 15 is 0 Å². The number of aromatic nitrogens is 2. The van der Waals surface area contributed by atoms with Gasteiger partial charge in [-0.2, -0.15) is 0 Å². The number of methoxy groups -OCH3 is 3. The van der Waals surface area contributed by atoms with Crippen LogP contribution in [0.15, 0.2) is 30.5 Å². The van der Waals surface area contributed by atoms with E-state index in [9.17, 15) is 9.59 Å². The Bertz CT molecular complexity index is 995. The number of carbonyl (C=O) groups is 2. The summed E-state index contributed by atoms with van der Waals surface area (Å²) in [5.74, 6) is 1.35. The fraction of sp³-hybridized carbons (Fsp3) is 0.435. The molecule has 1 aliphatic rings. The molecule has 0 spiro atoms. The minimum Gasteiger partial charge on any atom is -0.493 e. The van der Waals surface area contributed by atoms with E-state index in [0.717, 1.165) is 18.7 Å². The van der Waals surface area contributed by atoms with Crippen molar-refractivity contribution < 1.29 is 23.8 Å². The van der Waals surface area contributed by atoms with Crippen molar-refractivity contribution in [2.45, 2.75) is 0 Å². The summed E-state index contributed by atoms with van der Waals surface area (Å²) >= 11 is 0. The second-order valence-electron chi connectivity index (χ2n) is 7.60. The van der Waals surface area contributed by atoms with Crippen LogP contribution in [0.2, 0.25) is 0 Å². The number of aryl methyl sites for hydroxylation is 1. The standard InChI is InChI=1S/C23H31N5O5/c1-26-16-18(22(25-26)33-4)23(30)28-13-11-27(12-14-28)10-9-24-21(29)8-6-17-5-7-19(31-2)20(15-17)32-3/h5-8,15-16H,9-14H2,1-4H3,(H,24,29)/b8-6+. The van der Waals surface area contributed by atoms with E-state index in [1.165, 1.54) is 13.2 Å². The van der Waals surface area contributed by atoms with Crippen LogP contribution in [-0.2, 0) is 11.8 Å². The number of benzene rings is 1. The normalized spacial score (nSPS) is 14.4. The highest BCUT2D eigenvalue weighted by atomic mass is 16.5. The summed E-state index contributed by atoms with van der Waals surface area (Å²) in [4.78, 5) is 28.9. The highest BCUT2D eigenvalue weighted by Crippen LogP contribution is 2.27. The molecule has 0 radical (unpaired) electrons. The van der Waals surface area contributed by atoms with Crippen molar-refractivity contribution in [2.75, 3.05) is 60.6 Å². The second kappa shape index (κ2) is 11.4. The SMILES string of the molecule is COc1ccc(/C=C/C(=O)NCCN2CCN(C(=O)c3cn(C)nc3OC)CC2)cc1OC. The molecule has 33 heavy (non-hydrogen) atoms. The Balaban J connectivity index is 1.41. The molecular formula is C23H31N5O5. The molecule has 178 valence electrons. The molecule has 1 N–H and O–H groups in total. The van der Waals surface area contributed by atoms with Gasteiger partial charge in [-0.05, 0) is 23.8 Å². The molecule has 10 heteroatoms. The molecule has 0 atom stereocenters. The molecule has 2 amide bonds. The largest absolute Gasteiger partial charge is 0.493 e. The lowest BCUT2D eigenvalue weighted by Crippen LogP contribution is -2.50. The molecule has 1 aromatic carbocycles. The number of hydrogen-bond donors (Lipinski definition) is 1. The first-order valence-electron chi connectivity index (χ1n) is 10.7. The predicted molar refractivity (Wildman–Crippen MR) is 124 cm³/mol. The summed E-state index contributed by atoms with van der Waals surface area (Å²) in [5.41, 5.74) is 1.32. The number of nitrogens with zero attached hydrogens (tertiary/aromatic N) is 4. The fourth-order valence-corrected chi connectivity index (χ4v) is 3.63. The Morgan fingerprint density at radius 1 is 1.06 bits per heavy atom. The van der Waals surface area contributed by atoms with Gasteiger partial charge in [0.25, 0.3) is 5.91 Å². The van der Waals surface area contributed by atoms with Crippen molar-refractivity contribution in [1.82, 2.24) is 24.9 Å². The van der Waals surface area contributed by atoms with Gasteiger partial charge in [0.05, 0.1) is 21.3 Å². The molecule has 0 bridgehead atoms. The third-order valence-corrected chi connectivity index (χ3v) is 5.44. The van der Waals surface area contributed by atoms with E-state index in [-0.39, 0.29) is 11.8 Å². The van der Waals surface area contributed by atoms with E-state index in [2.05, 4.69) is 15.3 Å². The molecule has 2 aromatic rings. The zero-order chi connectivity index (χ0) is 23.8. The minimum absolute atomic E-state index is 0.0757. The molecule has 1 fully saturated rings.